The number of nitrogens with one attached hydrogen (secondary N) is 1. The predicted molar refractivity (Wildman–Crippen MR) is 91.5 cm³/mol. The maximum atomic E-state index is 6.03. The highest BCUT2D eigenvalue weighted by atomic mass is 16.7. The standard InChI is InChI=1S/C17H22BN3O2/c1-16(2)17(3,4)23-18(22-16)14-10-11-19-15(21-14)20-12-13-8-6-5-7-9-13/h5-11H,12H2,1-4H3,(H,19,20,21). The highest BCUT2D eigenvalue weighted by Gasteiger charge is 2.52. The van der Waals surface area contributed by atoms with Crippen LogP contribution in [0.2, 0.25) is 0 Å². The van der Waals surface area contributed by atoms with Crippen molar-refractivity contribution in [1.82, 2.24) is 9.97 Å². The molecule has 2 heterocycles. The molecule has 0 saturated carbocycles. The molecule has 1 aliphatic heterocycles. The Balaban J connectivity index is 1.71. The van der Waals surface area contributed by atoms with Gasteiger partial charge in [-0.1, -0.05) is 30.3 Å². The molecule has 0 radical (unpaired) electrons. The Hall–Kier alpha value is -1.92. The van der Waals surface area contributed by atoms with Crippen molar-refractivity contribution in [3.05, 3.63) is 48.2 Å². The molecule has 23 heavy (non-hydrogen) atoms. The van der Waals surface area contributed by atoms with E-state index < -0.39 is 7.12 Å². The van der Waals surface area contributed by atoms with Crippen LogP contribution in [-0.4, -0.2) is 28.3 Å². The lowest BCUT2D eigenvalue weighted by Crippen LogP contribution is -2.41. The van der Waals surface area contributed by atoms with E-state index in [2.05, 4.69) is 27.4 Å². The van der Waals surface area contributed by atoms with Crippen LogP contribution < -0.4 is 10.9 Å². The van der Waals surface area contributed by atoms with Crippen molar-refractivity contribution in [1.29, 1.82) is 0 Å². The van der Waals surface area contributed by atoms with Gasteiger partial charge in [-0.2, -0.15) is 0 Å². The van der Waals surface area contributed by atoms with Crippen LogP contribution >= 0.6 is 0 Å². The molecule has 0 aliphatic carbocycles. The minimum atomic E-state index is -0.472. The lowest BCUT2D eigenvalue weighted by Gasteiger charge is -2.32. The molecule has 1 aromatic carbocycles. The van der Waals surface area contributed by atoms with E-state index in [1.54, 1.807) is 6.20 Å². The van der Waals surface area contributed by atoms with Gasteiger partial charge < -0.3 is 14.6 Å². The van der Waals surface area contributed by atoms with Gasteiger partial charge in [0, 0.05) is 12.7 Å². The van der Waals surface area contributed by atoms with Crippen molar-refractivity contribution < 1.29 is 9.31 Å². The minimum absolute atomic E-state index is 0.375. The number of hydrogen-bond donors (Lipinski definition) is 1. The van der Waals surface area contributed by atoms with E-state index in [9.17, 15) is 0 Å². The average Bonchev–Trinajstić information content (AvgIpc) is 2.75. The molecular weight excluding hydrogens is 289 g/mol. The molecule has 2 aromatic rings. The molecule has 0 bridgehead atoms. The van der Waals surface area contributed by atoms with Gasteiger partial charge in [0.1, 0.15) is 0 Å². The Morgan fingerprint density at radius 2 is 1.65 bits per heavy atom. The number of rotatable bonds is 4. The molecule has 0 amide bonds. The van der Waals surface area contributed by atoms with Crippen LogP contribution in [0.5, 0.6) is 0 Å². The molecule has 0 unspecified atom stereocenters. The summed E-state index contributed by atoms with van der Waals surface area (Å²) in [5.74, 6) is 0.570. The fraction of sp³-hybridized carbons (Fsp3) is 0.412. The number of hydrogen-bond acceptors (Lipinski definition) is 5. The fourth-order valence-electron chi connectivity index (χ4n) is 2.33. The molecule has 1 saturated heterocycles. The summed E-state index contributed by atoms with van der Waals surface area (Å²) in [5, 5.41) is 3.23. The van der Waals surface area contributed by atoms with Gasteiger partial charge in [0.25, 0.3) is 0 Å². The number of anilines is 1. The summed E-state index contributed by atoms with van der Waals surface area (Å²) < 4.78 is 12.1. The molecule has 1 aliphatic rings. The van der Waals surface area contributed by atoms with Crippen molar-refractivity contribution in [2.24, 2.45) is 0 Å². The van der Waals surface area contributed by atoms with Crippen molar-refractivity contribution >= 4 is 18.7 Å². The predicted octanol–water partition coefficient (Wildman–Crippen LogP) is 2.39. The largest absolute Gasteiger partial charge is 0.514 e. The third-order valence-corrected chi connectivity index (χ3v) is 4.47. The van der Waals surface area contributed by atoms with Crippen LogP contribution in [0, 0.1) is 0 Å². The Bertz CT molecular complexity index is 661. The second kappa shape index (κ2) is 5.94. The minimum Gasteiger partial charge on any atom is -0.398 e. The maximum Gasteiger partial charge on any atom is 0.514 e. The Morgan fingerprint density at radius 3 is 2.30 bits per heavy atom. The topological polar surface area (TPSA) is 56.3 Å². The van der Waals surface area contributed by atoms with Crippen LogP contribution in [0.25, 0.3) is 0 Å². The Labute approximate surface area is 137 Å². The first-order valence-electron chi connectivity index (χ1n) is 7.84. The van der Waals surface area contributed by atoms with E-state index >= 15 is 0 Å². The third-order valence-electron chi connectivity index (χ3n) is 4.47. The summed E-state index contributed by atoms with van der Waals surface area (Å²) in [6, 6.07) is 12.0. The Kier molecular flexibility index (Phi) is 4.12. The SMILES string of the molecule is CC1(C)OB(c2ccnc(NCc3ccccc3)n2)OC1(C)C. The molecule has 120 valence electrons. The third kappa shape index (κ3) is 3.38. The summed E-state index contributed by atoms with van der Waals surface area (Å²) >= 11 is 0. The molecule has 3 rings (SSSR count). The molecule has 5 nitrogen and oxygen atoms in total. The Morgan fingerprint density at radius 1 is 1.00 bits per heavy atom. The monoisotopic (exact) mass is 311 g/mol. The van der Waals surface area contributed by atoms with Crippen molar-refractivity contribution in [2.75, 3.05) is 5.32 Å². The number of aromatic nitrogens is 2. The zero-order valence-electron chi connectivity index (χ0n) is 14.0. The number of benzene rings is 1. The van der Waals surface area contributed by atoms with E-state index in [4.69, 9.17) is 9.31 Å². The first-order chi connectivity index (χ1) is 10.9. The van der Waals surface area contributed by atoms with Gasteiger partial charge >= 0.3 is 7.12 Å². The molecule has 1 fully saturated rings. The van der Waals surface area contributed by atoms with Crippen molar-refractivity contribution in [3.63, 3.8) is 0 Å². The van der Waals surface area contributed by atoms with Gasteiger partial charge in [0.2, 0.25) is 5.95 Å². The van der Waals surface area contributed by atoms with Crippen LogP contribution in [-0.2, 0) is 15.9 Å². The molecule has 0 atom stereocenters. The summed E-state index contributed by atoms with van der Waals surface area (Å²) in [5.41, 5.74) is 1.16. The zero-order chi connectivity index (χ0) is 16.5. The van der Waals surface area contributed by atoms with E-state index in [0.717, 1.165) is 5.59 Å². The van der Waals surface area contributed by atoms with E-state index in [-0.39, 0.29) is 11.2 Å². The van der Waals surface area contributed by atoms with Gasteiger partial charge in [-0.15, -0.1) is 0 Å². The summed E-state index contributed by atoms with van der Waals surface area (Å²) in [6.45, 7) is 8.80. The molecule has 6 heteroatoms. The van der Waals surface area contributed by atoms with Crippen LogP contribution in [0.4, 0.5) is 5.95 Å². The second-order valence-electron chi connectivity index (χ2n) is 6.73. The highest BCUT2D eigenvalue weighted by Crippen LogP contribution is 2.36. The normalized spacial score (nSPS) is 18.9. The second-order valence-corrected chi connectivity index (χ2v) is 6.73. The summed E-state index contributed by atoms with van der Waals surface area (Å²) in [4.78, 5) is 8.79. The van der Waals surface area contributed by atoms with Crippen molar-refractivity contribution in [2.45, 2.75) is 45.4 Å². The summed E-state index contributed by atoms with van der Waals surface area (Å²) in [6.07, 6.45) is 1.72. The summed E-state index contributed by atoms with van der Waals surface area (Å²) in [7, 11) is -0.472. The van der Waals surface area contributed by atoms with Crippen LogP contribution in [0.1, 0.15) is 33.3 Å². The molecule has 0 spiro atoms. The lowest BCUT2D eigenvalue weighted by molar-refractivity contribution is 0.00578. The van der Waals surface area contributed by atoms with E-state index in [0.29, 0.717) is 12.5 Å². The molecule has 1 aromatic heterocycles. The van der Waals surface area contributed by atoms with Gasteiger partial charge in [0.15, 0.2) is 0 Å². The zero-order valence-corrected chi connectivity index (χ0v) is 14.0. The lowest BCUT2D eigenvalue weighted by atomic mass is 9.85. The molecular formula is C17H22BN3O2. The van der Waals surface area contributed by atoms with Gasteiger partial charge in [-0.05, 0) is 39.3 Å². The average molecular weight is 311 g/mol. The van der Waals surface area contributed by atoms with Gasteiger partial charge in [-0.3, -0.25) is 0 Å². The van der Waals surface area contributed by atoms with E-state index in [1.165, 1.54) is 5.56 Å². The quantitative estimate of drug-likeness (QED) is 0.879. The highest BCUT2D eigenvalue weighted by molar-refractivity contribution is 6.61. The van der Waals surface area contributed by atoms with Crippen molar-refractivity contribution in [3.8, 4) is 0 Å². The number of nitrogens with zero attached hydrogens (tertiary/aromatic N) is 2. The van der Waals surface area contributed by atoms with E-state index in [1.807, 2.05) is 52.0 Å². The van der Waals surface area contributed by atoms with Crippen LogP contribution in [0.15, 0.2) is 42.6 Å². The maximum absolute atomic E-state index is 6.03. The fourth-order valence-corrected chi connectivity index (χ4v) is 2.33. The molecule has 1 N–H and O–H groups in total. The smallest absolute Gasteiger partial charge is 0.398 e. The van der Waals surface area contributed by atoms with Gasteiger partial charge in [0.05, 0.1) is 16.8 Å². The van der Waals surface area contributed by atoms with Gasteiger partial charge in [-0.25, -0.2) is 9.97 Å². The first-order valence-corrected chi connectivity index (χ1v) is 7.84. The first kappa shape index (κ1) is 16.0. The van der Waals surface area contributed by atoms with Crippen LogP contribution in [0.3, 0.4) is 0 Å².